The fraction of sp³-hybridized carbons (Fsp3) is 0.412. The Kier molecular flexibility index (Phi) is 4.77. The molecule has 2 aliphatic rings. The third kappa shape index (κ3) is 3.51. The van der Waals surface area contributed by atoms with E-state index in [9.17, 15) is 5.26 Å². The van der Waals surface area contributed by atoms with Gasteiger partial charge in [0.15, 0.2) is 0 Å². The summed E-state index contributed by atoms with van der Waals surface area (Å²) in [4.78, 5) is 4.91. The van der Waals surface area contributed by atoms with Crippen LogP contribution in [0.5, 0.6) is 0 Å². The van der Waals surface area contributed by atoms with Crippen LogP contribution in [0.2, 0.25) is 0 Å². The van der Waals surface area contributed by atoms with Gasteiger partial charge in [-0.25, -0.2) is 0 Å². The molecule has 0 aliphatic carbocycles. The maximum absolute atomic E-state index is 9.17. The first-order chi connectivity index (χ1) is 12.8. The Labute approximate surface area is 151 Å². The number of ether oxygens (including phenoxy) is 1. The van der Waals surface area contributed by atoms with Crippen molar-refractivity contribution in [2.24, 2.45) is 0 Å². The molecule has 2 aliphatic heterocycles. The molecule has 134 valence electrons. The Morgan fingerprint density at radius 1 is 1.23 bits per heavy atom. The Bertz CT molecular complexity index is 783. The fourth-order valence-electron chi connectivity index (χ4n) is 3.13. The number of allylic oxidation sites excluding steroid dienone is 1. The van der Waals surface area contributed by atoms with Crippen LogP contribution < -0.4 is 10.2 Å². The van der Waals surface area contributed by atoms with Crippen LogP contribution >= 0.6 is 0 Å². The number of nitrogens with zero attached hydrogens (tertiary/aromatic N) is 6. The van der Waals surface area contributed by atoms with Gasteiger partial charge in [0.05, 0.1) is 19.3 Å². The molecule has 1 aromatic carbocycles. The number of nitrogens with one attached hydrogen (secondary N) is 2. The molecule has 1 aromatic heterocycles. The van der Waals surface area contributed by atoms with E-state index in [1.54, 1.807) is 6.20 Å². The number of rotatable bonds is 5. The molecule has 26 heavy (non-hydrogen) atoms. The molecule has 0 amide bonds. The lowest BCUT2D eigenvalue weighted by atomic mass is 10.1. The predicted molar refractivity (Wildman–Crippen MR) is 96.2 cm³/mol. The summed E-state index contributed by atoms with van der Waals surface area (Å²) in [6.07, 6.45) is 1.58. The number of nitriles is 1. The normalized spacial score (nSPS) is 19.0. The molecule has 0 atom stereocenters. The molecule has 2 N–H and O–H groups in total. The molecular weight excluding hydrogens is 332 g/mol. The number of benzene rings is 1. The highest BCUT2D eigenvalue weighted by Crippen LogP contribution is 2.21. The van der Waals surface area contributed by atoms with Crippen molar-refractivity contribution in [3.8, 4) is 6.07 Å². The minimum atomic E-state index is 0.270. The van der Waals surface area contributed by atoms with E-state index in [4.69, 9.17) is 4.74 Å². The molecular formula is C17H20N8O. The zero-order valence-electron chi connectivity index (χ0n) is 14.3. The van der Waals surface area contributed by atoms with Crippen molar-refractivity contribution < 1.29 is 4.74 Å². The van der Waals surface area contributed by atoms with Gasteiger partial charge >= 0.3 is 0 Å². The lowest BCUT2D eigenvalue weighted by molar-refractivity contribution is -0.0660. The smallest absolute Gasteiger partial charge is 0.216 e. The van der Waals surface area contributed by atoms with Gasteiger partial charge in [-0.15, -0.1) is 10.2 Å². The van der Waals surface area contributed by atoms with Crippen LogP contribution in [0.25, 0.3) is 5.57 Å². The topological polar surface area (TPSA) is 106 Å². The van der Waals surface area contributed by atoms with Crippen LogP contribution in [0, 0.1) is 11.3 Å². The zero-order valence-corrected chi connectivity index (χ0v) is 14.3. The molecule has 4 rings (SSSR count). The van der Waals surface area contributed by atoms with Crippen LogP contribution in [0.3, 0.4) is 0 Å². The molecule has 0 saturated carbocycles. The summed E-state index contributed by atoms with van der Waals surface area (Å²) < 4.78 is 5.28. The van der Waals surface area contributed by atoms with Crippen molar-refractivity contribution in [1.82, 2.24) is 25.5 Å². The van der Waals surface area contributed by atoms with Gasteiger partial charge in [0.1, 0.15) is 11.6 Å². The second-order valence-electron chi connectivity index (χ2n) is 6.31. The molecule has 2 aromatic rings. The van der Waals surface area contributed by atoms with Gasteiger partial charge in [-0.1, -0.05) is 0 Å². The Balaban J connectivity index is 1.34. The Morgan fingerprint density at radius 2 is 2.00 bits per heavy atom. The SMILES string of the molecule is N#CC(=CNc1ccc(N2CCN(C3COC3)CC2)cc1)c1nn[nH]n1. The van der Waals surface area contributed by atoms with E-state index < -0.39 is 0 Å². The van der Waals surface area contributed by atoms with Crippen LogP contribution in [-0.4, -0.2) is 71.0 Å². The molecule has 3 heterocycles. The summed E-state index contributed by atoms with van der Waals surface area (Å²) in [7, 11) is 0. The van der Waals surface area contributed by atoms with Crippen LogP contribution in [-0.2, 0) is 4.74 Å². The van der Waals surface area contributed by atoms with Crippen molar-refractivity contribution in [2.75, 3.05) is 49.6 Å². The highest BCUT2D eigenvalue weighted by molar-refractivity contribution is 5.74. The van der Waals surface area contributed by atoms with Crippen LogP contribution in [0.15, 0.2) is 30.5 Å². The zero-order chi connectivity index (χ0) is 17.8. The predicted octanol–water partition coefficient (Wildman–Crippen LogP) is 0.697. The number of aromatic nitrogens is 4. The standard InChI is InChI=1S/C17H20N8O/c18-9-13(17-20-22-23-21-17)10-19-14-1-3-15(4-2-14)24-5-7-25(8-6-24)16-11-26-12-16/h1-4,10,16,19H,5-8,11-12H2,(H,20,21,22,23). The lowest BCUT2D eigenvalue weighted by Gasteiger charge is -2.43. The van der Waals surface area contributed by atoms with Crippen molar-refractivity contribution in [1.29, 1.82) is 5.26 Å². The second kappa shape index (κ2) is 7.51. The highest BCUT2D eigenvalue weighted by atomic mass is 16.5. The minimum absolute atomic E-state index is 0.270. The highest BCUT2D eigenvalue weighted by Gasteiger charge is 2.28. The lowest BCUT2D eigenvalue weighted by Crippen LogP contribution is -2.56. The first kappa shape index (κ1) is 16.5. The maximum Gasteiger partial charge on any atom is 0.216 e. The van der Waals surface area contributed by atoms with E-state index in [1.165, 1.54) is 5.69 Å². The van der Waals surface area contributed by atoms with E-state index in [1.807, 2.05) is 12.1 Å². The molecule has 0 spiro atoms. The number of anilines is 2. The van der Waals surface area contributed by atoms with E-state index in [-0.39, 0.29) is 5.82 Å². The van der Waals surface area contributed by atoms with Gasteiger partial charge in [-0.05, 0) is 29.5 Å². The summed E-state index contributed by atoms with van der Waals surface area (Å²) in [5.74, 6) is 0.270. The van der Waals surface area contributed by atoms with E-state index in [2.05, 4.69) is 53.9 Å². The molecule has 0 bridgehead atoms. The quantitative estimate of drug-likeness (QED) is 0.758. The number of piperazine rings is 1. The molecule has 2 saturated heterocycles. The summed E-state index contributed by atoms with van der Waals surface area (Å²) in [6, 6.07) is 10.9. The first-order valence-corrected chi connectivity index (χ1v) is 8.61. The number of hydrogen-bond donors (Lipinski definition) is 2. The molecule has 2 fully saturated rings. The number of aromatic amines is 1. The third-order valence-electron chi connectivity index (χ3n) is 4.77. The first-order valence-electron chi connectivity index (χ1n) is 8.61. The Hall–Kier alpha value is -2.96. The summed E-state index contributed by atoms with van der Waals surface area (Å²) >= 11 is 0. The van der Waals surface area contributed by atoms with Gasteiger partial charge in [0, 0.05) is 43.8 Å². The average Bonchev–Trinajstić information content (AvgIpc) is 3.17. The van der Waals surface area contributed by atoms with Crippen molar-refractivity contribution in [3.63, 3.8) is 0 Å². The summed E-state index contributed by atoms with van der Waals surface area (Å²) in [5.41, 5.74) is 2.43. The largest absolute Gasteiger partial charge is 0.378 e. The average molecular weight is 352 g/mol. The van der Waals surface area contributed by atoms with Gasteiger partial charge in [-0.3, -0.25) is 4.90 Å². The molecule has 9 nitrogen and oxygen atoms in total. The number of H-pyrrole nitrogens is 1. The van der Waals surface area contributed by atoms with Gasteiger partial charge < -0.3 is 15.0 Å². The second-order valence-corrected chi connectivity index (χ2v) is 6.31. The third-order valence-corrected chi connectivity index (χ3v) is 4.77. The van der Waals surface area contributed by atoms with Gasteiger partial charge in [-0.2, -0.15) is 10.5 Å². The van der Waals surface area contributed by atoms with E-state index in [0.29, 0.717) is 11.6 Å². The van der Waals surface area contributed by atoms with Crippen LogP contribution in [0.1, 0.15) is 5.82 Å². The minimum Gasteiger partial charge on any atom is -0.378 e. The van der Waals surface area contributed by atoms with E-state index >= 15 is 0 Å². The molecule has 9 heteroatoms. The van der Waals surface area contributed by atoms with Crippen molar-refractivity contribution in [2.45, 2.75) is 6.04 Å². The fourth-order valence-corrected chi connectivity index (χ4v) is 3.13. The van der Waals surface area contributed by atoms with Crippen molar-refractivity contribution >= 4 is 16.9 Å². The monoisotopic (exact) mass is 352 g/mol. The van der Waals surface area contributed by atoms with Gasteiger partial charge in [0.25, 0.3) is 0 Å². The summed E-state index contributed by atoms with van der Waals surface area (Å²) in [5, 5.41) is 25.7. The number of tetrazole rings is 1. The molecule has 0 radical (unpaired) electrons. The summed E-state index contributed by atoms with van der Waals surface area (Å²) in [6.45, 7) is 5.96. The number of hydrogen-bond acceptors (Lipinski definition) is 8. The van der Waals surface area contributed by atoms with Crippen LogP contribution in [0.4, 0.5) is 11.4 Å². The van der Waals surface area contributed by atoms with E-state index in [0.717, 1.165) is 45.1 Å². The Morgan fingerprint density at radius 3 is 2.58 bits per heavy atom. The van der Waals surface area contributed by atoms with Crippen molar-refractivity contribution in [3.05, 3.63) is 36.3 Å². The molecule has 0 unspecified atom stereocenters. The van der Waals surface area contributed by atoms with Gasteiger partial charge in [0.2, 0.25) is 5.82 Å². The maximum atomic E-state index is 9.17.